The van der Waals surface area contributed by atoms with Crippen LogP contribution in [-0.2, 0) is 16.6 Å². The molecular formula is C11H18N4O2. The topological polar surface area (TPSA) is 69.0 Å². The third-order valence-electron chi connectivity index (χ3n) is 2.47. The molecule has 0 amide bonds. The standard InChI is InChI=1S/C11H18N4O2/c1-8(11(16)17-4)5-6-12-9(2)10-14-13-7-15(10)3/h5,7,9,12H,6H2,1-4H3. The fourth-order valence-electron chi connectivity index (χ4n) is 1.41. The number of nitrogens with zero attached hydrogens (tertiary/aromatic N) is 3. The molecule has 1 N–H and O–H groups in total. The van der Waals surface area contributed by atoms with Gasteiger partial charge in [-0.05, 0) is 13.8 Å². The average Bonchev–Trinajstić information content (AvgIpc) is 2.74. The molecule has 1 heterocycles. The Hall–Kier alpha value is -1.69. The molecule has 0 aromatic carbocycles. The van der Waals surface area contributed by atoms with Crippen molar-refractivity contribution in [2.24, 2.45) is 7.05 Å². The van der Waals surface area contributed by atoms with E-state index < -0.39 is 0 Å². The molecule has 0 spiro atoms. The SMILES string of the molecule is COC(=O)C(C)=CCNC(C)c1nncn1C. The number of carbonyl (C=O) groups excluding carboxylic acids is 1. The highest BCUT2D eigenvalue weighted by atomic mass is 16.5. The summed E-state index contributed by atoms with van der Waals surface area (Å²) in [6, 6.07) is 0.0733. The maximum Gasteiger partial charge on any atom is 0.333 e. The predicted octanol–water partition coefficient (Wildman–Crippen LogP) is 0.585. The van der Waals surface area contributed by atoms with Crippen LogP contribution in [-0.4, -0.2) is 34.4 Å². The highest BCUT2D eigenvalue weighted by Crippen LogP contribution is 2.06. The molecular weight excluding hydrogens is 220 g/mol. The zero-order chi connectivity index (χ0) is 12.8. The van der Waals surface area contributed by atoms with Gasteiger partial charge in [-0.25, -0.2) is 4.79 Å². The van der Waals surface area contributed by atoms with E-state index in [0.29, 0.717) is 12.1 Å². The number of aromatic nitrogens is 3. The monoisotopic (exact) mass is 238 g/mol. The van der Waals surface area contributed by atoms with Gasteiger partial charge in [-0.3, -0.25) is 0 Å². The average molecular weight is 238 g/mol. The second-order valence-electron chi connectivity index (χ2n) is 3.81. The van der Waals surface area contributed by atoms with E-state index in [1.807, 2.05) is 18.5 Å². The lowest BCUT2D eigenvalue weighted by molar-refractivity contribution is -0.136. The maximum absolute atomic E-state index is 11.1. The van der Waals surface area contributed by atoms with Gasteiger partial charge in [0.1, 0.15) is 12.2 Å². The quantitative estimate of drug-likeness (QED) is 0.600. The molecule has 0 bridgehead atoms. The summed E-state index contributed by atoms with van der Waals surface area (Å²) >= 11 is 0. The van der Waals surface area contributed by atoms with E-state index in [1.165, 1.54) is 7.11 Å². The minimum absolute atomic E-state index is 0.0733. The number of carbonyl (C=O) groups is 1. The van der Waals surface area contributed by atoms with Gasteiger partial charge < -0.3 is 14.6 Å². The molecule has 0 aliphatic rings. The summed E-state index contributed by atoms with van der Waals surface area (Å²) in [5.41, 5.74) is 0.588. The third kappa shape index (κ3) is 3.67. The summed E-state index contributed by atoms with van der Waals surface area (Å²) in [5.74, 6) is 0.548. The van der Waals surface area contributed by atoms with Gasteiger partial charge in [0.05, 0.1) is 13.2 Å². The molecule has 1 rings (SSSR count). The van der Waals surface area contributed by atoms with E-state index in [4.69, 9.17) is 0 Å². The van der Waals surface area contributed by atoms with Crippen molar-refractivity contribution in [3.63, 3.8) is 0 Å². The van der Waals surface area contributed by atoms with Crippen LogP contribution in [0.5, 0.6) is 0 Å². The van der Waals surface area contributed by atoms with Crippen LogP contribution in [0.3, 0.4) is 0 Å². The van der Waals surface area contributed by atoms with E-state index in [2.05, 4.69) is 20.3 Å². The summed E-state index contributed by atoms with van der Waals surface area (Å²) in [6.07, 6.45) is 3.45. The minimum atomic E-state index is -0.307. The summed E-state index contributed by atoms with van der Waals surface area (Å²) in [6.45, 7) is 4.29. The summed E-state index contributed by atoms with van der Waals surface area (Å²) in [4.78, 5) is 11.1. The van der Waals surface area contributed by atoms with Gasteiger partial charge in [-0.2, -0.15) is 0 Å². The van der Waals surface area contributed by atoms with Gasteiger partial charge in [-0.15, -0.1) is 10.2 Å². The van der Waals surface area contributed by atoms with E-state index in [9.17, 15) is 4.79 Å². The van der Waals surface area contributed by atoms with Crippen LogP contribution in [0.4, 0.5) is 0 Å². The molecule has 0 aliphatic carbocycles. The number of methoxy groups -OCH3 is 1. The molecule has 1 atom stereocenters. The van der Waals surface area contributed by atoms with Gasteiger partial charge in [0.2, 0.25) is 0 Å². The van der Waals surface area contributed by atoms with Crippen LogP contribution in [0.25, 0.3) is 0 Å². The van der Waals surface area contributed by atoms with Gasteiger partial charge in [-0.1, -0.05) is 6.08 Å². The van der Waals surface area contributed by atoms with Crippen molar-refractivity contribution >= 4 is 5.97 Å². The molecule has 0 aliphatic heterocycles. The summed E-state index contributed by atoms with van der Waals surface area (Å²) < 4.78 is 6.46. The van der Waals surface area contributed by atoms with Crippen LogP contribution in [0.1, 0.15) is 25.7 Å². The first-order valence-corrected chi connectivity index (χ1v) is 5.38. The molecule has 0 saturated carbocycles. The lowest BCUT2D eigenvalue weighted by Crippen LogP contribution is -2.22. The zero-order valence-corrected chi connectivity index (χ0v) is 10.6. The van der Waals surface area contributed by atoms with Crippen LogP contribution in [0.2, 0.25) is 0 Å². The maximum atomic E-state index is 11.1. The number of esters is 1. The first-order chi connectivity index (χ1) is 8.06. The first kappa shape index (κ1) is 13.4. The number of nitrogens with one attached hydrogen (secondary N) is 1. The van der Waals surface area contributed by atoms with Crippen molar-refractivity contribution in [3.05, 3.63) is 23.8 Å². The van der Waals surface area contributed by atoms with E-state index in [1.54, 1.807) is 19.3 Å². The lowest BCUT2D eigenvalue weighted by atomic mass is 10.2. The largest absolute Gasteiger partial charge is 0.466 e. The Kier molecular flexibility index (Phi) is 4.84. The van der Waals surface area contributed by atoms with Gasteiger partial charge in [0, 0.05) is 19.2 Å². The number of aryl methyl sites for hydroxylation is 1. The van der Waals surface area contributed by atoms with Gasteiger partial charge >= 0.3 is 5.97 Å². The van der Waals surface area contributed by atoms with Gasteiger partial charge in [0.15, 0.2) is 0 Å². The van der Waals surface area contributed by atoms with Crippen LogP contribution in [0, 0.1) is 0 Å². The smallest absolute Gasteiger partial charge is 0.333 e. The van der Waals surface area contributed by atoms with Crippen LogP contribution >= 0.6 is 0 Å². The molecule has 0 radical (unpaired) electrons. The fourth-order valence-corrected chi connectivity index (χ4v) is 1.41. The second kappa shape index (κ2) is 6.15. The van der Waals surface area contributed by atoms with Crippen molar-refractivity contribution in [1.29, 1.82) is 0 Å². The highest BCUT2D eigenvalue weighted by Gasteiger charge is 2.09. The molecule has 0 fully saturated rings. The molecule has 6 nitrogen and oxygen atoms in total. The molecule has 1 aromatic rings. The fraction of sp³-hybridized carbons (Fsp3) is 0.545. The Morgan fingerprint density at radius 2 is 2.41 bits per heavy atom. The van der Waals surface area contributed by atoms with Crippen LogP contribution < -0.4 is 5.32 Å². The second-order valence-corrected chi connectivity index (χ2v) is 3.81. The van der Waals surface area contributed by atoms with E-state index >= 15 is 0 Å². The van der Waals surface area contributed by atoms with Crippen molar-refractivity contribution in [2.75, 3.05) is 13.7 Å². The van der Waals surface area contributed by atoms with Crippen molar-refractivity contribution in [3.8, 4) is 0 Å². The molecule has 0 saturated heterocycles. The Morgan fingerprint density at radius 1 is 1.71 bits per heavy atom. The number of hydrogen-bond acceptors (Lipinski definition) is 5. The Balaban J connectivity index is 2.47. The third-order valence-corrected chi connectivity index (χ3v) is 2.47. The number of hydrogen-bond donors (Lipinski definition) is 1. The number of rotatable bonds is 5. The normalized spacial score (nSPS) is 13.5. The first-order valence-electron chi connectivity index (χ1n) is 5.38. The predicted molar refractivity (Wildman–Crippen MR) is 63.2 cm³/mol. The lowest BCUT2D eigenvalue weighted by Gasteiger charge is -2.11. The zero-order valence-electron chi connectivity index (χ0n) is 10.6. The van der Waals surface area contributed by atoms with E-state index in [-0.39, 0.29) is 12.0 Å². The van der Waals surface area contributed by atoms with E-state index in [0.717, 1.165) is 5.82 Å². The molecule has 1 aromatic heterocycles. The minimum Gasteiger partial charge on any atom is -0.466 e. The van der Waals surface area contributed by atoms with Gasteiger partial charge in [0.25, 0.3) is 0 Å². The Bertz CT molecular complexity index is 411. The van der Waals surface area contributed by atoms with Crippen molar-refractivity contribution < 1.29 is 9.53 Å². The molecule has 17 heavy (non-hydrogen) atoms. The molecule has 1 unspecified atom stereocenters. The van der Waals surface area contributed by atoms with Crippen molar-refractivity contribution in [1.82, 2.24) is 20.1 Å². The number of ether oxygens (including phenoxy) is 1. The Labute approximate surface area is 101 Å². The highest BCUT2D eigenvalue weighted by molar-refractivity contribution is 5.87. The molecule has 94 valence electrons. The van der Waals surface area contributed by atoms with Crippen LogP contribution in [0.15, 0.2) is 18.0 Å². The summed E-state index contributed by atoms with van der Waals surface area (Å²) in [5, 5.41) is 11.0. The molecule has 6 heteroatoms. The summed E-state index contributed by atoms with van der Waals surface area (Å²) in [7, 11) is 3.26. The Morgan fingerprint density at radius 3 is 2.94 bits per heavy atom. The van der Waals surface area contributed by atoms with Crippen molar-refractivity contribution in [2.45, 2.75) is 19.9 Å².